The number of hydrogen-bond donors (Lipinski definition) is 1. The number of aryl methyl sites for hydroxylation is 1. The summed E-state index contributed by atoms with van der Waals surface area (Å²) in [6.07, 6.45) is 0.464. The van der Waals surface area contributed by atoms with Gasteiger partial charge in [-0.05, 0) is 23.6 Å². The van der Waals surface area contributed by atoms with Gasteiger partial charge in [-0.2, -0.15) is 0 Å². The molecule has 0 unspecified atom stereocenters. The maximum atomic E-state index is 13.4. The van der Waals surface area contributed by atoms with E-state index < -0.39 is 6.04 Å². The van der Waals surface area contributed by atoms with Crippen LogP contribution in [0, 0.1) is 12.8 Å². The van der Waals surface area contributed by atoms with Crippen LogP contribution in [-0.2, 0) is 29.1 Å². The largest absolute Gasteiger partial charge is 0.350 e. The van der Waals surface area contributed by atoms with Gasteiger partial charge in [0.25, 0.3) is 0 Å². The van der Waals surface area contributed by atoms with E-state index in [1.165, 1.54) is 5.56 Å². The summed E-state index contributed by atoms with van der Waals surface area (Å²) in [4.78, 5) is 28.4. The van der Waals surface area contributed by atoms with Crippen molar-refractivity contribution < 1.29 is 9.59 Å². The summed E-state index contributed by atoms with van der Waals surface area (Å²) >= 11 is 0. The average molecular weight is 429 g/mol. The number of nitrogens with one attached hydrogen (secondary N) is 1. The summed E-state index contributed by atoms with van der Waals surface area (Å²) in [5.74, 6) is -0.374. The number of carbonyl (C=O) groups excluding carboxylic acids is 2. The first kappa shape index (κ1) is 23.3. The van der Waals surface area contributed by atoms with Gasteiger partial charge in [0.15, 0.2) is 0 Å². The molecule has 0 fully saturated rings. The molecule has 2 amide bonds. The Kier molecular flexibility index (Phi) is 8.20. The Labute approximate surface area is 191 Å². The highest BCUT2D eigenvalue weighted by molar-refractivity contribution is 5.88. The second-order valence-corrected chi connectivity index (χ2v) is 8.52. The van der Waals surface area contributed by atoms with Crippen molar-refractivity contribution in [3.05, 3.63) is 107 Å². The lowest BCUT2D eigenvalue weighted by Crippen LogP contribution is -2.51. The molecular weight excluding hydrogens is 396 g/mol. The molecule has 3 rings (SSSR count). The standard InChI is InChI=1S/C28H32N2O2/c1-21(2)28(32)30(20-25-12-8-5-9-13-25)26(18-23-10-6-4-7-11-23)27(31)29-19-24-16-14-22(3)15-17-24/h4-17,21,26H,18-20H2,1-3H3,(H,29,31)/t26-/m0/s1. The van der Waals surface area contributed by atoms with E-state index in [2.05, 4.69) is 5.32 Å². The first-order valence-electron chi connectivity index (χ1n) is 11.2. The minimum atomic E-state index is -0.599. The van der Waals surface area contributed by atoms with Crippen LogP contribution in [0.5, 0.6) is 0 Å². The second-order valence-electron chi connectivity index (χ2n) is 8.52. The Morgan fingerprint density at radius 2 is 1.34 bits per heavy atom. The third kappa shape index (κ3) is 6.55. The summed E-state index contributed by atoms with van der Waals surface area (Å²) in [6.45, 7) is 6.62. The Morgan fingerprint density at radius 3 is 1.91 bits per heavy atom. The fourth-order valence-corrected chi connectivity index (χ4v) is 3.65. The predicted molar refractivity (Wildman–Crippen MR) is 129 cm³/mol. The number of rotatable bonds is 9. The van der Waals surface area contributed by atoms with Crippen LogP contribution in [0.1, 0.15) is 36.1 Å². The van der Waals surface area contributed by atoms with Gasteiger partial charge in [-0.3, -0.25) is 9.59 Å². The quantitative estimate of drug-likeness (QED) is 0.527. The van der Waals surface area contributed by atoms with Crippen LogP contribution in [-0.4, -0.2) is 22.8 Å². The molecule has 0 aliphatic heterocycles. The van der Waals surface area contributed by atoms with E-state index in [4.69, 9.17) is 0 Å². The van der Waals surface area contributed by atoms with Crippen molar-refractivity contribution in [2.75, 3.05) is 0 Å². The molecule has 3 aromatic carbocycles. The molecule has 1 N–H and O–H groups in total. The number of hydrogen-bond acceptors (Lipinski definition) is 2. The zero-order valence-electron chi connectivity index (χ0n) is 19.1. The fourth-order valence-electron chi connectivity index (χ4n) is 3.65. The molecule has 32 heavy (non-hydrogen) atoms. The molecule has 0 aliphatic rings. The summed E-state index contributed by atoms with van der Waals surface area (Å²) in [5, 5.41) is 3.07. The summed E-state index contributed by atoms with van der Waals surface area (Å²) < 4.78 is 0. The van der Waals surface area contributed by atoms with E-state index in [1.54, 1.807) is 4.90 Å². The first-order chi connectivity index (χ1) is 15.4. The molecule has 0 saturated carbocycles. The summed E-state index contributed by atoms with van der Waals surface area (Å²) in [6, 6.07) is 27.2. The number of amides is 2. The van der Waals surface area contributed by atoms with Gasteiger partial charge in [0.05, 0.1) is 0 Å². The van der Waals surface area contributed by atoms with Crippen LogP contribution < -0.4 is 5.32 Å². The maximum absolute atomic E-state index is 13.4. The molecule has 166 valence electrons. The molecule has 4 nitrogen and oxygen atoms in total. The molecular formula is C28H32N2O2. The van der Waals surface area contributed by atoms with Crippen molar-refractivity contribution in [3.8, 4) is 0 Å². The van der Waals surface area contributed by atoms with Gasteiger partial charge < -0.3 is 10.2 Å². The van der Waals surface area contributed by atoms with Crippen LogP contribution in [0.2, 0.25) is 0 Å². The van der Waals surface area contributed by atoms with E-state index >= 15 is 0 Å². The van der Waals surface area contributed by atoms with Gasteiger partial charge in [0, 0.05) is 25.4 Å². The fraction of sp³-hybridized carbons (Fsp3) is 0.286. The van der Waals surface area contributed by atoms with Crippen LogP contribution in [0.25, 0.3) is 0 Å². The lowest BCUT2D eigenvalue weighted by Gasteiger charge is -2.32. The van der Waals surface area contributed by atoms with E-state index in [-0.39, 0.29) is 17.7 Å². The van der Waals surface area contributed by atoms with Crippen molar-refractivity contribution in [1.29, 1.82) is 0 Å². The van der Waals surface area contributed by atoms with Crippen molar-refractivity contribution in [2.24, 2.45) is 5.92 Å². The molecule has 0 heterocycles. The van der Waals surface area contributed by atoms with Gasteiger partial charge in [0.1, 0.15) is 6.04 Å². The topological polar surface area (TPSA) is 49.4 Å². The van der Waals surface area contributed by atoms with Gasteiger partial charge >= 0.3 is 0 Å². The molecule has 0 spiro atoms. The lowest BCUT2D eigenvalue weighted by molar-refractivity contribution is -0.143. The third-order valence-electron chi connectivity index (χ3n) is 5.51. The molecule has 0 bridgehead atoms. The molecule has 1 atom stereocenters. The van der Waals surface area contributed by atoms with Crippen LogP contribution in [0.15, 0.2) is 84.9 Å². The van der Waals surface area contributed by atoms with Gasteiger partial charge in [0.2, 0.25) is 11.8 Å². The highest BCUT2D eigenvalue weighted by Gasteiger charge is 2.31. The number of benzene rings is 3. The van der Waals surface area contributed by atoms with E-state index in [0.29, 0.717) is 19.5 Å². The lowest BCUT2D eigenvalue weighted by atomic mass is 10.0. The Bertz CT molecular complexity index is 999. The van der Waals surface area contributed by atoms with Crippen LogP contribution in [0.4, 0.5) is 0 Å². The minimum absolute atomic E-state index is 0.0275. The molecule has 4 heteroatoms. The van der Waals surface area contributed by atoms with Gasteiger partial charge in [-0.1, -0.05) is 104 Å². The maximum Gasteiger partial charge on any atom is 0.243 e. The van der Waals surface area contributed by atoms with Crippen molar-refractivity contribution >= 4 is 11.8 Å². The molecule has 0 aromatic heterocycles. The number of nitrogens with zero attached hydrogens (tertiary/aromatic N) is 1. The smallest absolute Gasteiger partial charge is 0.243 e. The molecule has 0 saturated heterocycles. The van der Waals surface area contributed by atoms with Crippen molar-refractivity contribution in [1.82, 2.24) is 10.2 Å². The highest BCUT2D eigenvalue weighted by atomic mass is 16.2. The Hall–Kier alpha value is -3.40. The third-order valence-corrected chi connectivity index (χ3v) is 5.51. The minimum Gasteiger partial charge on any atom is -0.350 e. The van der Waals surface area contributed by atoms with E-state index in [9.17, 15) is 9.59 Å². The summed E-state index contributed by atoms with van der Waals surface area (Å²) in [7, 11) is 0. The first-order valence-corrected chi connectivity index (χ1v) is 11.2. The average Bonchev–Trinajstić information content (AvgIpc) is 2.81. The van der Waals surface area contributed by atoms with Gasteiger partial charge in [-0.15, -0.1) is 0 Å². The highest BCUT2D eigenvalue weighted by Crippen LogP contribution is 2.17. The Balaban J connectivity index is 1.87. The van der Waals surface area contributed by atoms with Gasteiger partial charge in [-0.25, -0.2) is 0 Å². The molecule has 0 aliphatic carbocycles. The monoisotopic (exact) mass is 428 g/mol. The van der Waals surface area contributed by atoms with E-state index in [1.807, 2.05) is 106 Å². The van der Waals surface area contributed by atoms with Crippen LogP contribution in [0.3, 0.4) is 0 Å². The SMILES string of the molecule is Cc1ccc(CNC(=O)[C@H](Cc2ccccc2)N(Cc2ccccc2)C(=O)C(C)C)cc1. The molecule has 3 aromatic rings. The predicted octanol–water partition coefficient (Wildman–Crippen LogP) is 4.91. The molecule has 0 radical (unpaired) electrons. The van der Waals surface area contributed by atoms with E-state index in [0.717, 1.165) is 16.7 Å². The van der Waals surface area contributed by atoms with Crippen LogP contribution >= 0.6 is 0 Å². The normalized spacial score (nSPS) is 11.8. The van der Waals surface area contributed by atoms with Crippen molar-refractivity contribution in [3.63, 3.8) is 0 Å². The van der Waals surface area contributed by atoms with Crippen molar-refractivity contribution in [2.45, 2.75) is 46.3 Å². The zero-order valence-corrected chi connectivity index (χ0v) is 19.1. The Morgan fingerprint density at radius 1 is 0.781 bits per heavy atom. The summed E-state index contributed by atoms with van der Waals surface area (Å²) in [5.41, 5.74) is 4.24. The zero-order chi connectivity index (χ0) is 22.9. The second kappa shape index (κ2) is 11.3. The number of carbonyl (C=O) groups is 2.